The zero-order chi connectivity index (χ0) is 19.8. The van der Waals surface area contributed by atoms with Gasteiger partial charge >= 0.3 is 0 Å². The first kappa shape index (κ1) is 18.7. The van der Waals surface area contributed by atoms with Crippen LogP contribution in [-0.4, -0.2) is 17.6 Å². The maximum atomic E-state index is 12.8. The van der Waals surface area contributed by atoms with E-state index in [2.05, 4.69) is 29.4 Å². The van der Waals surface area contributed by atoms with E-state index in [1.54, 1.807) is 0 Å². The summed E-state index contributed by atoms with van der Waals surface area (Å²) in [4.78, 5) is 12.8. The van der Waals surface area contributed by atoms with Crippen LogP contribution in [0.2, 0.25) is 0 Å². The van der Waals surface area contributed by atoms with Crippen molar-refractivity contribution in [3.05, 3.63) is 52.5 Å². The van der Waals surface area contributed by atoms with Gasteiger partial charge in [-0.2, -0.15) is 5.10 Å². The summed E-state index contributed by atoms with van der Waals surface area (Å²) < 4.78 is 5.97. The maximum Gasteiger partial charge on any atom is 0.291 e. The fourth-order valence-corrected chi connectivity index (χ4v) is 3.44. The molecule has 5 N–H and O–H groups in total. The molecule has 0 bridgehead atoms. The van der Waals surface area contributed by atoms with E-state index in [1.165, 1.54) is 0 Å². The maximum absolute atomic E-state index is 12.8. The van der Waals surface area contributed by atoms with E-state index in [4.69, 9.17) is 15.9 Å². The van der Waals surface area contributed by atoms with Crippen LogP contribution < -0.4 is 16.8 Å². The van der Waals surface area contributed by atoms with Crippen molar-refractivity contribution in [2.75, 3.05) is 5.32 Å². The van der Waals surface area contributed by atoms with Gasteiger partial charge < -0.3 is 21.2 Å². The summed E-state index contributed by atoms with van der Waals surface area (Å²) >= 11 is 0. The molecule has 1 aromatic carbocycles. The Morgan fingerprint density at radius 3 is 2.63 bits per heavy atom. The molecule has 1 heterocycles. The Kier molecular flexibility index (Phi) is 4.78. The van der Waals surface area contributed by atoms with Gasteiger partial charge in [-0.25, -0.2) is 0 Å². The number of aryl methyl sites for hydroxylation is 1. The lowest BCUT2D eigenvalue weighted by Gasteiger charge is -2.29. The SMILES string of the molecule is Cc1cccc(NC(=O)c2oc3c(c2C)/C(=N\N=C(N)N)CC(C)(C)C3)c1. The number of rotatable bonds is 3. The largest absolute Gasteiger partial charge is 0.455 e. The van der Waals surface area contributed by atoms with Gasteiger partial charge in [-0.1, -0.05) is 26.0 Å². The third-order valence-electron chi connectivity index (χ3n) is 4.56. The molecule has 2 aromatic rings. The van der Waals surface area contributed by atoms with Gasteiger partial charge in [-0.15, -0.1) is 5.10 Å². The molecule has 1 aliphatic rings. The average Bonchev–Trinajstić information content (AvgIpc) is 2.88. The van der Waals surface area contributed by atoms with Crippen LogP contribution in [0.5, 0.6) is 0 Å². The number of nitrogens with two attached hydrogens (primary N) is 2. The van der Waals surface area contributed by atoms with Crippen molar-refractivity contribution in [3.63, 3.8) is 0 Å². The molecule has 0 fully saturated rings. The molecule has 0 radical (unpaired) electrons. The summed E-state index contributed by atoms with van der Waals surface area (Å²) in [5.74, 6) is 0.636. The van der Waals surface area contributed by atoms with Crippen LogP contribution in [0.25, 0.3) is 0 Å². The minimum Gasteiger partial charge on any atom is -0.455 e. The standard InChI is InChI=1S/C20H25N5O2/c1-11-6-5-7-13(8-11)23-18(26)17-12(2)16-14(24-25-19(21)22)9-20(3,4)10-15(16)27-17/h5-8H,9-10H2,1-4H3,(H,23,26)(H4,21,22,25)/b24-14-. The van der Waals surface area contributed by atoms with Crippen LogP contribution >= 0.6 is 0 Å². The molecule has 1 aliphatic carbocycles. The summed E-state index contributed by atoms with van der Waals surface area (Å²) in [5, 5.41) is 10.9. The lowest BCUT2D eigenvalue weighted by atomic mass is 9.75. The van der Waals surface area contributed by atoms with E-state index in [0.717, 1.165) is 33.8 Å². The number of furan rings is 1. The van der Waals surface area contributed by atoms with Crippen molar-refractivity contribution in [1.82, 2.24) is 0 Å². The second-order valence-corrected chi connectivity index (χ2v) is 7.77. The van der Waals surface area contributed by atoms with Crippen LogP contribution in [0.3, 0.4) is 0 Å². The van der Waals surface area contributed by atoms with E-state index >= 15 is 0 Å². The Balaban J connectivity index is 1.99. The predicted octanol–water partition coefficient (Wildman–Crippen LogP) is 3.10. The van der Waals surface area contributed by atoms with Gasteiger partial charge in [-0.05, 0) is 43.4 Å². The number of nitrogens with zero attached hydrogens (tertiary/aromatic N) is 2. The zero-order valence-corrected chi connectivity index (χ0v) is 16.1. The number of hydrogen-bond acceptors (Lipinski definition) is 4. The van der Waals surface area contributed by atoms with Gasteiger partial charge in [0.25, 0.3) is 5.91 Å². The van der Waals surface area contributed by atoms with Crippen LogP contribution in [0.1, 0.15) is 53.3 Å². The van der Waals surface area contributed by atoms with Crippen molar-refractivity contribution >= 4 is 23.3 Å². The summed E-state index contributed by atoms with van der Waals surface area (Å²) in [6.45, 7) is 8.06. The summed E-state index contributed by atoms with van der Waals surface area (Å²) in [6.07, 6.45) is 1.40. The lowest BCUT2D eigenvalue weighted by Crippen LogP contribution is -2.27. The fourth-order valence-electron chi connectivity index (χ4n) is 3.44. The van der Waals surface area contributed by atoms with Crippen LogP contribution in [-0.2, 0) is 6.42 Å². The molecule has 27 heavy (non-hydrogen) atoms. The minimum atomic E-state index is -0.286. The zero-order valence-electron chi connectivity index (χ0n) is 16.1. The Labute approximate surface area is 158 Å². The first-order valence-corrected chi connectivity index (χ1v) is 8.82. The van der Waals surface area contributed by atoms with Gasteiger partial charge in [0.05, 0.1) is 5.71 Å². The van der Waals surface area contributed by atoms with E-state index in [1.807, 2.05) is 38.1 Å². The van der Waals surface area contributed by atoms with Gasteiger partial charge in [0.1, 0.15) is 5.76 Å². The van der Waals surface area contributed by atoms with E-state index in [0.29, 0.717) is 12.8 Å². The highest BCUT2D eigenvalue weighted by Gasteiger charge is 2.36. The molecule has 0 aliphatic heterocycles. The quantitative estimate of drug-likeness (QED) is 0.439. The summed E-state index contributed by atoms with van der Waals surface area (Å²) in [5.41, 5.74) is 14.9. The molecule has 0 saturated heterocycles. The fraction of sp³-hybridized carbons (Fsp3) is 0.350. The third-order valence-corrected chi connectivity index (χ3v) is 4.56. The molecule has 0 spiro atoms. The Hall–Kier alpha value is -3.09. The normalized spacial score (nSPS) is 16.7. The van der Waals surface area contributed by atoms with Crippen LogP contribution in [0, 0.1) is 19.3 Å². The van der Waals surface area contributed by atoms with Crippen LogP contribution in [0.15, 0.2) is 38.9 Å². The first-order chi connectivity index (χ1) is 12.7. The molecule has 1 amide bonds. The summed E-state index contributed by atoms with van der Waals surface area (Å²) in [6, 6.07) is 7.62. The average molecular weight is 367 g/mol. The number of anilines is 1. The smallest absolute Gasteiger partial charge is 0.291 e. The van der Waals surface area contributed by atoms with E-state index in [9.17, 15) is 4.79 Å². The number of guanidine groups is 1. The number of hydrogen-bond donors (Lipinski definition) is 3. The van der Waals surface area contributed by atoms with Crippen molar-refractivity contribution in [3.8, 4) is 0 Å². The topological polar surface area (TPSA) is 119 Å². The molecule has 1 aromatic heterocycles. The van der Waals surface area contributed by atoms with Crippen LogP contribution in [0.4, 0.5) is 5.69 Å². The molecule has 0 unspecified atom stereocenters. The minimum absolute atomic E-state index is 0.0701. The van der Waals surface area contributed by atoms with Crippen molar-refractivity contribution in [1.29, 1.82) is 0 Å². The molecular formula is C20H25N5O2. The Morgan fingerprint density at radius 2 is 1.96 bits per heavy atom. The molecule has 0 saturated carbocycles. The Bertz CT molecular complexity index is 949. The van der Waals surface area contributed by atoms with Gasteiger partial charge in [0, 0.05) is 23.2 Å². The summed E-state index contributed by atoms with van der Waals surface area (Å²) in [7, 11) is 0. The first-order valence-electron chi connectivity index (χ1n) is 8.82. The van der Waals surface area contributed by atoms with Gasteiger partial charge in [0.2, 0.25) is 5.96 Å². The Morgan fingerprint density at radius 1 is 1.22 bits per heavy atom. The lowest BCUT2D eigenvalue weighted by molar-refractivity contribution is 0.0993. The number of nitrogens with one attached hydrogen (secondary N) is 1. The van der Waals surface area contributed by atoms with Crippen molar-refractivity contribution < 1.29 is 9.21 Å². The number of amides is 1. The predicted molar refractivity (Wildman–Crippen MR) is 107 cm³/mol. The number of carbonyl (C=O) groups excluding carboxylic acids is 1. The van der Waals surface area contributed by atoms with E-state index in [-0.39, 0.29) is 23.0 Å². The van der Waals surface area contributed by atoms with Gasteiger partial charge in [-0.3, -0.25) is 4.79 Å². The molecule has 3 rings (SSSR count). The molecular weight excluding hydrogens is 342 g/mol. The van der Waals surface area contributed by atoms with E-state index < -0.39 is 0 Å². The van der Waals surface area contributed by atoms with Gasteiger partial charge in [0.15, 0.2) is 5.76 Å². The second-order valence-electron chi connectivity index (χ2n) is 7.77. The molecule has 7 heteroatoms. The highest BCUT2D eigenvalue weighted by Crippen LogP contribution is 2.39. The monoisotopic (exact) mass is 367 g/mol. The molecule has 7 nitrogen and oxygen atoms in total. The molecule has 142 valence electrons. The number of fused-ring (bicyclic) bond motifs is 1. The second kappa shape index (κ2) is 6.90. The number of carbonyl (C=O) groups is 1. The highest BCUT2D eigenvalue weighted by atomic mass is 16.4. The molecule has 0 atom stereocenters. The third kappa shape index (κ3) is 4.02. The van der Waals surface area contributed by atoms with Crippen molar-refractivity contribution in [2.24, 2.45) is 27.1 Å². The highest BCUT2D eigenvalue weighted by molar-refractivity contribution is 6.09. The number of benzene rings is 1. The van der Waals surface area contributed by atoms with Crippen molar-refractivity contribution in [2.45, 2.75) is 40.5 Å².